The van der Waals surface area contributed by atoms with E-state index < -0.39 is 12.6 Å². The van der Waals surface area contributed by atoms with Crippen molar-refractivity contribution in [3.05, 3.63) is 65.7 Å². The molecule has 1 saturated heterocycles. The summed E-state index contributed by atoms with van der Waals surface area (Å²) in [6, 6.07) is 16.5. The number of nitrogens with zero attached hydrogens (tertiary/aromatic N) is 3. The van der Waals surface area contributed by atoms with Crippen LogP contribution in [0.5, 0.6) is 0 Å². The largest absolute Gasteiger partial charge is 0.452 e. The standard InChI is InChI=1S/C22H21N3O4/c26-20-11-6-13-24(20)19-10-5-4-9-17(19)22(28)29-15-21(27)25-14-12-18(23-25)16-7-2-1-3-8-16/h1-5,7-10H,6,11-15H2. The molecule has 148 valence electrons. The molecule has 0 radical (unpaired) electrons. The highest BCUT2D eigenvalue weighted by atomic mass is 16.5. The number of ether oxygens (including phenoxy) is 1. The van der Waals surface area contributed by atoms with Gasteiger partial charge in [-0.05, 0) is 24.1 Å². The zero-order valence-electron chi connectivity index (χ0n) is 15.9. The number of carbonyl (C=O) groups excluding carboxylic acids is 3. The van der Waals surface area contributed by atoms with Gasteiger partial charge in [-0.25, -0.2) is 9.80 Å². The molecule has 0 spiro atoms. The molecule has 0 bridgehead atoms. The molecule has 29 heavy (non-hydrogen) atoms. The van der Waals surface area contributed by atoms with E-state index in [2.05, 4.69) is 5.10 Å². The van der Waals surface area contributed by atoms with Gasteiger partial charge in [-0.3, -0.25) is 9.59 Å². The van der Waals surface area contributed by atoms with Gasteiger partial charge in [-0.1, -0.05) is 42.5 Å². The van der Waals surface area contributed by atoms with Gasteiger partial charge < -0.3 is 9.64 Å². The van der Waals surface area contributed by atoms with Crippen molar-refractivity contribution in [2.45, 2.75) is 19.3 Å². The van der Waals surface area contributed by atoms with Crippen LogP contribution in [0.4, 0.5) is 5.69 Å². The highest BCUT2D eigenvalue weighted by molar-refractivity contribution is 6.04. The number of para-hydroxylation sites is 1. The first-order valence-corrected chi connectivity index (χ1v) is 9.63. The summed E-state index contributed by atoms with van der Waals surface area (Å²) in [5, 5.41) is 5.69. The molecule has 4 rings (SSSR count). The predicted molar refractivity (Wildman–Crippen MR) is 108 cm³/mol. The molecule has 0 atom stereocenters. The van der Waals surface area contributed by atoms with Crippen LogP contribution >= 0.6 is 0 Å². The number of amides is 2. The molecule has 7 heteroatoms. The molecule has 2 aromatic rings. The SMILES string of the molecule is O=C(OCC(=O)N1CCC(c2ccccc2)=N1)c1ccccc1N1CCCC1=O. The van der Waals surface area contributed by atoms with E-state index in [9.17, 15) is 14.4 Å². The molecule has 0 aromatic heterocycles. The average Bonchev–Trinajstić information content (AvgIpc) is 3.42. The molecule has 1 fully saturated rings. The van der Waals surface area contributed by atoms with Gasteiger partial charge in [-0.2, -0.15) is 5.10 Å². The summed E-state index contributed by atoms with van der Waals surface area (Å²) in [6.45, 7) is 0.638. The highest BCUT2D eigenvalue weighted by Gasteiger charge is 2.27. The summed E-state index contributed by atoms with van der Waals surface area (Å²) >= 11 is 0. The van der Waals surface area contributed by atoms with E-state index in [0.717, 1.165) is 17.7 Å². The summed E-state index contributed by atoms with van der Waals surface area (Å²) in [4.78, 5) is 38.6. The van der Waals surface area contributed by atoms with Crippen molar-refractivity contribution in [3.8, 4) is 0 Å². The maximum Gasteiger partial charge on any atom is 0.340 e. The molecule has 2 aromatic carbocycles. The van der Waals surface area contributed by atoms with Gasteiger partial charge >= 0.3 is 5.97 Å². The summed E-state index contributed by atoms with van der Waals surface area (Å²) < 4.78 is 5.24. The van der Waals surface area contributed by atoms with Gasteiger partial charge in [0.15, 0.2) is 6.61 Å². The van der Waals surface area contributed by atoms with Crippen molar-refractivity contribution in [1.29, 1.82) is 0 Å². The topological polar surface area (TPSA) is 79.3 Å². The van der Waals surface area contributed by atoms with Gasteiger partial charge in [0, 0.05) is 19.4 Å². The van der Waals surface area contributed by atoms with E-state index in [4.69, 9.17) is 4.74 Å². The van der Waals surface area contributed by atoms with Crippen LogP contribution < -0.4 is 4.90 Å². The Morgan fingerprint density at radius 1 is 0.966 bits per heavy atom. The molecule has 0 unspecified atom stereocenters. The Hall–Kier alpha value is -3.48. The Balaban J connectivity index is 1.40. The monoisotopic (exact) mass is 391 g/mol. The minimum atomic E-state index is -0.625. The lowest BCUT2D eigenvalue weighted by Crippen LogP contribution is -2.30. The zero-order valence-corrected chi connectivity index (χ0v) is 15.9. The third-order valence-electron chi connectivity index (χ3n) is 5.01. The lowest BCUT2D eigenvalue weighted by molar-refractivity contribution is -0.134. The van der Waals surface area contributed by atoms with E-state index in [0.29, 0.717) is 31.6 Å². The molecule has 7 nitrogen and oxygen atoms in total. The first kappa shape index (κ1) is 18.9. The average molecular weight is 391 g/mol. The number of anilines is 1. The fraction of sp³-hybridized carbons (Fsp3) is 0.273. The molecule has 0 aliphatic carbocycles. The second-order valence-electron chi connectivity index (χ2n) is 6.92. The van der Waals surface area contributed by atoms with E-state index >= 15 is 0 Å². The minimum Gasteiger partial charge on any atom is -0.452 e. The maximum absolute atomic E-state index is 12.6. The van der Waals surface area contributed by atoms with Crippen LogP contribution in [0, 0.1) is 0 Å². The van der Waals surface area contributed by atoms with Crippen LogP contribution in [-0.4, -0.2) is 48.2 Å². The van der Waals surface area contributed by atoms with Crippen molar-refractivity contribution >= 4 is 29.2 Å². The van der Waals surface area contributed by atoms with Crippen LogP contribution in [0.15, 0.2) is 59.7 Å². The number of hydrazone groups is 1. The summed E-state index contributed by atoms with van der Waals surface area (Å²) in [5.74, 6) is -1.01. The summed E-state index contributed by atoms with van der Waals surface area (Å²) in [7, 11) is 0. The van der Waals surface area contributed by atoms with Crippen molar-refractivity contribution < 1.29 is 19.1 Å². The predicted octanol–water partition coefficient (Wildman–Crippen LogP) is 2.61. The third-order valence-corrected chi connectivity index (χ3v) is 5.01. The highest BCUT2D eigenvalue weighted by Crippen LogP contribution is 2.26. The van der Waals surface area contributed by atoms with Gasteiger partial charge in [0.05, 0.1) is 23.5 Å². The number of esters is 1. The Bertz CT molecular complexity index is 971. The first-order valence-electron chi connectivity index (χ1n) is 9.63. The number of hydrogen-bond donors (Lipinski definition) is 0. The molecule has 0 N–H and O–H groups in total. The summed E-state index contributed by atoms with van der Waals surface area (Å²) in [6.07, 6.45) is 1.89. The number of benzene rings is 2. The number of rotatable bonds is 5. The summed E-state index contributed by atoms with van der Waals surface area (Å²) in [5.41, 5.74) is 2.62. The number of hydrogen-bond acceptors (Lipinski definition) is 5. The Morgan fingerprint density at radius 3 is 2.48 bits per heavy atom. The van der Waals surface area contributed by atoms with Crippen LogP contribution in [0.25, 0.3) is 0 Å². The number of carbonyl (C=O) groups is 3. The smallest absolute Gasteiger partial charge is 0.340 e. The maximum atomic E-state index is 12.6. The van der Waals surface area contributed by atoms with Crippen molar-refractivity contribution in [2.24, 2.45) is 5.10 Å². The Labute approximate surface area is 168 Å². The first-order chi connectivity index (χ1) is 14.1. The van der Waals surface area contributed by atoms with Crippen LogP contribution in [-0.2, 0) is 14.3 Å². The molecular weight excluding hydrogens is 370 g/mol. The van der Waals surface area contributed by atoms with E-state index in [-0.39, 0.29) is 17.4 Å². The fourth-order valence-corrected chi connectivity index (χ4v) is 3.53. The molecule has 2 aliphatic heterocycles. The van der Waals surface area contributed by atoms with E-state index in [1.165, 1.54) is 5.01 Å². The van der Waals surface area contributed by atoms with Crippen LogP contribution in [0.2, 0.25) is 0 Å². The fourth-order valence-electron chi connectivity index (χ4n) is 3.53. The second kappa shape index (κ2) is 8.26. The van der Waals surface area contributed by atoms with E-state index in [1.54, 1.807) is 29.2 Å². The van der Waals surface area contributed by atoms with Gasteiger partial charge in [0.1, 0.15) is 0 Å². The van der Waals surface area contributed by atoms with Crippen molar-refractivity contribution in [3.63, 3.8) is 0 Å². The van der Waals surface area contributed by atoms with E-state index in [1.807, 2.05) is 30.3 Å². The van der Waals surface area contributed by atoms with Crippen LogP contribution in [0.1, 0.15) is 35.2 Å². The van der Waals surface area contributed by atoms with Crippen molar-refractivity contribution in [1.82, 2.24) is 5.01 Å². The molecular formula is C22H21N3O4. The molecule has 2 amide bonds. The van der Waals surface area contributed by atoms with Gasteiger partial charge in [0.2, 0.25) is 5.91 Å². The molecule has 2 aliphatic rings. The Kier molecular flexibility index (Phi) is 5.37. The second-order valence-corrected chi connectivity index (χ2v) is 6.92. The van der Waals surface area contributed by atoms with Crippen molar-refractivity contribution in [2.75, 3.05) is 24.6 Å². The normalized spacial score (nSPS) is 16.1. The molecule has 0 saturated carbocycles. The van der Waals surface area contributed by atoms with Gasteiger partial charge in [-0.15, -0.1) is 0 Å². The van der Waals surface area contributed by atoms with Crippen LogP contribution in [0.3, 0.4) is 0 Å². The minimum absolute atomic E-state index is 0.0128. The lowest BCUT2D eigenvalue weighted by atomic mass is 10.1. The molecule has 2 heterocycles. The Morgan fingerprint density at radius 2 is 1.72 bits per heavy atom. The lowest BCUT2D eigenvalue weighted by Gasteiger charge is -2.19. The third kappa shape index (κ3) is 4.03. The zero-order chi connectivity index (χ0) is 20.2. The quantitative estimate of drug-likeness (QED) is 0.734. The van der Waals surface area contributed by atoms with Gasteiger partial charge in [0.25, 0.3) is 5.91 Å².